The molecule has 10 rings (SSSR count). The zero-order chi connectivity index (χ0) is 30.9. The van der Waals surface area contributed by atoms with Gasteiger partial charge in [-0.2, -0.15) is 0 Å². The number of thiophene rings is 2. The molecule has 0 radical (unpaired) electrons. The molecule has 220 valence electrons. The van der Waals surface area contributed by atoms with E-state index >= 15 is 0 Å². The minimum absolute atomic E-state index is 0.664. The van der Waals surface area contributed by atoms with Crippen molar-refractivity contribution in [3.8, 4) is 44.7 Å². The summed E-state index contributed by atoms with van der Waals surface area (Å²) in [7, 11) is 0. The molecule has 10 aromatic rings. The van der Waals surface area contributed by atoms with E-state index in [2.05, 4.69) is 109 Å². The Hall–Kier alpha value is -5.34. The van der Waals surface area contributed by atoms with Crippen LogP contribution in [0.25, 0.3) is 95.3 Å². The first-order valence-electron chi connectivity index (χ1n) is 15.3. The maximum atomic E-state index is 5.23. The van der Waals surface area contributed by atoms with Crippen LogP contribution < -0.4 is 0 Å². The highest BCUT2D eigenvalue weighted by Gasteiger charge is 2.20. The summed E-state index contributed by atoms with van der Waals surface area (Å²) in [5, 5.41) is 5.93. The van der Waals surface area contributed by atoms with Crippen molar-refractivity contribution in [1.29, 1.82) is 0 Å². The second-order valence-electron chi connectivity index (χ2n) is 11.4. The Morgan fingerprint density at radius 3 is 1.60 bits per heavy atom. The Labute approximate surface area is 281 Å². The number of hydrogen-bond donors (Lipinski definition) is 0. The lowest BCUT2D eigenvalue weighted by atomic mass is 10.1. The average molecular weight is 655 g/mol. The lowest BCUT2D eigenvalue weighted by Crippen LogP contribution is -2.00. The zero-order valence-electron chi connectivity index (χ0n) is 24.7. The lowest BCUT2D eigenvalue weighted by molar-refractivity contribution is 1.08. The molecule has 0 atom stereocenters. The quantitative estimate of drug-likeness (QED) is 0.189. The molecular formula is C40H22N4S3. The van der Waals surface area contributed by atoms with Gasteiger partial charge in [-0.3, -0.25) is 0 Å². The molecule has 7 heteroatoms. The summed E-state index contributed by atoms with van der Waals surface area (Å²) in [5.74, 6) is 2.02. The Kier molecular flexibility index (Phi) is 6.05. The molecule has 47 heavy (non-hydrogen) atoms. The van der Waals surface area contributed by atoms with Gasteiger partial charge in [0, 0.05) is 62.6 Å². The summed E-state index contributed by atoms with van der Waals surface area (Å²) < 4.78 is 6.02. The molecule has 0 saturated heterocycles. The van der Waals surface area contributed by atoms with Crippen molar-refractivity contribution >= 4 is 84.6 Å². The molecule has 4 aromatic heterocycles. The van der Waals surface area contributed by atoms with Gasteiger partial charge in [0.1, 0.15) is 5.01 Å². The van der Waals surface area contributed by atoms with Crippen molar-refractivity contribution in [1.82, 2.24) is 19.9 Å². The van der Waals surface area contributed by atoms with Crippen molar-refractivity contribution in [3.63, 3.8) is 0 Å². The van der Waals surface area contributed by atoms with E-state index in [-0.39, 0.29) is 0 Å². The van der Waals surface area contributed by atoms with E-state index in [4.69, 9.17) is 19.9 Å². The van der Waals surface area contributed by atoms with E-state index in [1.54, 1.807) is 34.0 Å². The summed E-state index contributed by atoms with van der Waals surface area (Å²) in [6.07, 6.45) is 0. The van der Waals surface area contributed by atoms with Gasteiger partial charge < -0.3 is 0 Å². The molecule has 0 aliphatic carbocycles. The van der Waals surface area contributed by atoms with E-state index in [0.717, 1.165) is 37.5 Å². The summed E-state index contributed by atoms with van der Waals surface area (Å²) in [5.41, 5.74) is 5.18. The van der Waals surface area contributed by atoms with Crippen LogP contribution in [-0.2, 0) is 0 Å². The normalized spacial score (nSPS) is 11.8. The molecule has 0 bridgehead atoms. The summed E-state index contributed by atoms with van der Waals surface area (Å²) in [6, 6.07) is 46.6. The molecule has 0 spiro atoms. The van der Waals surface area contributed by atoms with Gasteiger partial charge >= 0.3 is 0 Å². The Morgan fingerprint density at radius 1 is 0.340 bits per heavy atom. The fraction of sp³-hybridized carbons (Fsp3) is 0. The Bertz CT molecular complexity index is 2780. The highest BCUT2D eigenvalue weighted by atomic mass is 32.1. The van der Waals surface area contributed by atoms with Crippen LogP contribution in [0.3, 0.4) is 0 Å². The van der Waals surface area contributed by atoms with Gasteiger partial charge in [0.25, 0.3) is 0 Å². The van der Waals surface area contributed by atoms with Gasteiger partial charge in [-0.1, -0.05) is 103 Å². The van der Waals surface area contributed by atoms with Crippen molar-refractivity contribution in [2.45, 2.75) is 0 Å². The standard InChI is InChI=1S/C40H22N4S3/c1-2-11-23(12-3-1)37-42-38(28-17-8-14-25-24-13-4-6-21-32(24)45-34(25)28)44-39(43-37)29-18-9-15-26-27-16-10-19-30(36(27)47-35(26)29)40-41-31-20-5-7-22-33(31)46-40/h1-22H. The van der Waals surface area contributed by atoms with Crippen LogP contribution in [0.4, 0.5) is 0 Å². The zero-order valence-corrected chi connectivity index (χ0v) is 27.2. The molecule has 0 aliphatic rings. The average Bonchev–Trinajstić information content (AvgIpc) is 3.85. The van der Waals surface area contributed by atoms with Crippen molar-refractivity contribution in [3.05, 3.63) is 133 Å². The maximum Gasteiger partial charge on any atom is 0.165 e. The monoisotopic (exact) mass is 654 g/mol. The van der Waals surface area contributed by atoms with Crippen LogP contribution in [0.5, 0.6) is 0 Å². The summed E-state index contributed by atoms with van der Waals surface area (Å²) >= 11 is 5.32. The van der Waals surface area contributed by atoms with Crippen LogP contribution >= 0.6 is 34.0 Å². The van der Waals surface area contributed by atoms with Crippen molar-refractivity contribution in [2.24, 2.45) is 0 Å². The van der Waals surface area contributed by atoms with Crippen LogP contribution in [0.1, 0.15) is 0 Å². The molecule has 0 unspecified atom stereocenters. The van der Waals surface area contributed by atoms with Crippen molar-refractivity contribution < 1.29 is 0 Å². The highest BCUT2D eigenvalue weighted by Crippen LogP contribution is 2.45. The topological polar surface area (TPSA) is 51.6 Å². The molecule has 0 amide bonds. The van der Waals surface area contributed by atoms with Crippen LogP contribution in [-0.4, -0.2) is 19.9 Å². The number of aromatic nitrogens is 4. The smallest absolute Gasteiger partial charge is 0.165 e. The summed E-state index contributed by atoms with van der Waals surface area (Å²) in [4.78, 5) is 20.5. The van der Waals surface area contributed by atoms with Crippen LogP contribution in [0.2, 0.25) is 0 Å². The molecule has 4 nitrogen and oxygen atoms in total. The Balaban J connectivity index is 1.22. The predicted octanol–water partition coefficient (Wildman–Crippen LogP) is 11.9. The minimum Gasteiger partial charge on any atom is -0.236 e. The second-order valence-corrected chi connectivity index (χ2v) is 14.5. The number of hydrogen-bond acceptors (Lipinski definition) is 7. The van der Waals surface area contributed by atoms with Gasteiger partial charge in [-0.15, -0.1) is 34.0 Å². The van der Waals surface area contributed by atoms with Crippen LogP contribution in [0, 0.1) is 0 Å². The maximum absolute atomic E-state index is 5.23. The van der Waals surface area contributed by atoms with E-state index in [1.807, 2.05) is 24.3 Å². The number of thiazole rings is 1. The highest BCUT2D eigenvalue weighted by molar-refractivity contribution is 7.28. The minimum atomic E-state index is 0.664. The SMILES string of the molecule is c1ccc(-c2nc(-c3cccc4c3sc3ccccc34)nc(-c3cccc4c3sc3c(-c5nc6ccccc6s5)cccc34)n2)cc1. The Morgan fingerprint density at radius 2 is 0.872 bits per heavy atom. The molecule has 6 aromatic carbocycles. The molecule has 0 aliphatic heterocycles. The fourth-order valence-electron chi connectivity index (χ4n) is 6.41. The molecule has 0 saturated carbocycles. The van der Waals surface area contributed by atoms with E-state index in [9.17, 15) is 0 Å². The summed E-state index contributed by atoms with van der Waals surface area (Å²) in [6.45, 7) is 0. The predicted molar refractivity (Wildman–Crippen MR) is 201 cm³/mol. The third kappa shape index (κ3) is 4.32. The second kappa shape index (κ2) is 10.6. The molecule has 0 N–H and O–H groups in total. The third-order valence-electron chi connectivity index (χ3n) is 8.60. The molecule has 4 heterocycles. The third-order valence-corrected chi connectivity index (χ3v) is 12.2. The number of fused-ring (bicyclic) bond motifs is 7. The number of nitrogens with zero attached hydrogens (tertiary/aromatic N) is 4. The van der Waals surface area contributed by atoms with Crippen LogP contribution in [0.15, 0.2) is 133 Å². The first-order chi connectivity index (χ1) is 23.3. The van der Waals surface area contributed by atoms with Gasteiger partial charge in [0.15, 0.2) is 17.5 Å². The largest absolute Gasteiger partial charge is 0.236 e. The van der Waals surface area contributed by atoms with Gasteiger partial charge in [-0.05, 0) is 30.3 Å². The first kappa shape index (κ1) is 26.8. The molecule has 0 fully saturated rings. The van der Waals surface area contributed by atoms with Gasteiger partial charge in [0.05, 0.1) is 10.2 Å². The molecular weight excluding hydrogens is 633 g/mol. The van der Waals surface area contributed by atoms with Gasteiger partial charge in [-0.25, -0.2) is 19.9 Å². The lowest BCUT2D eigenvalue weighted by Gasteiger charge is -2.09. The van der Waals surface area contributed by atoms with Crippen molar-refractivity contribution in [2.75, 3.05) is 0 Å². The number of para-hydroxylation sites is 1. The number of rotatable bonds is 4. The fourth-order valence-corrected chi connectivity index (χ4v) is 10.0. The number of benzene rings is 6. The van der Waals surface area contributed by atoms with Gasteiger partial charge in [0.2, 0.25) is 0 Å². The first-order valence-corrected chi connectivity index (χ1v) is 17.8. The van der Waals surface area contributed by atoms with E-state index < -0.39 is 0 Å². The van der Waals surface area contributed by atoms with E-state index in [0.29, 0.717) is 17.5 Å². The van der Waals surface area contributed by atoms with E-state index in [1.165, 1.54) is 40.3 Å².